The van der Waals surface area contributed by atoms with Crippen LogP contribution in [0.2, 0.25) is 0 Å². The van der Waals surface area contributed by atoms with Crippen molar-refractivity contribution in [3.63, 3.8) is 0 Å². The lowest BCUT2D eigenvalue weighted by Crippen LogP contribution is -1.89. The van der Waals surface area contributed by atoms with Crippen LogP contribution >= 0.6 is 0 Å². The lowest BCUT2D eigenvalue weighted by Gasteiger charge is -2.04. The second-order valence-corrected chi connectivity index (χ2v) is 12.7. The first kappa shape index (κ1) is 32.8. The first-order valence-corrected chi connectivity index (χ1v) is 17.2. The van der Waals surface area contributed by atoms with Gasteiger partial charge in [-0.05, 0) is 84.1 Å². The molecule has 8 aromatic rings. The van der Waals surface area contributed by atoms with E-state index in [1.54, 1.807) is 12.1 Å². The van der Waals surface area contributed by atoms with Gasteiger partial charge < -0.3 is 9.97 Å². The third-order valence-electron chi connectivity index (χ3n) is 9.21. The maximum absolute atomic E-state index is 14.7. The van der Waals surface area contributed by atoms with Crippen LogP contribution < -0.4 is 0 Å². The number of nitrogens with one attached hydrogen (secondary N) is 2. The first-order chi connectivity index (χ1) is 24.5. The van der Waals surface area contributed by atoms with Gasteiger partial charge in [-0.25, -0.2) is 13.2 Å². The number of unbranched alkanes of at least 4 members (excludes halogenated alkanes) is 4. The lowest BCUT2D eigenvalue weighted by molar-refractivity contribution is 0.509. The number of aryl methyl sites for hydroxylation is 1. The van der Waals surface area contributed by atoms with E-state index in [1.165, 1.54) is 77.0 Å². The molecule has 2 nitrogen and oxygen atoms in total. The summed E-state index contributed by atoms with van der Waals surface area (Å²) in [4.78, 5) is 6.89. The van der Waals surface area contributed by atoms with Crippen LogP contribution in [0.25, 0.3) is 54.7 Å². The fourth-order valence-electron chi connectivity index (χ4n) is 6.53. The number of para-hydroxylation sites is 2. The largest absolute Gasteiger partial charge is 0.355 e. The van der Waals surface area contributed by atoms with Crippen molar-refractivity contribution in [2.75, 3.05) is 0 Å². The Balaban J connectivity index is 0.000000249. The highest BCUT2D eigenvalue weighted by Crippen LogP contribution is 2.28. The number of benzene rings is 6. The summed E-state index contributed by atoms with van der Waals surface area (Å²) in [6.07, 6.45) is 7.44. The zero-order chi connectivity index (χ0) is 34.5. The Hall–Kier alpha value is -5.73. The molecule has 0 amide bonds. The molecule has 0 aliphatic heterocycles. The summed E-state index contributed by atoms with van der Waals surface area (Å²) in [6, 6.07) is 37.4. The third-order valence-corrected chi connectivity index (χ3v) is 9.21. The van der Waals surface area contributed by atoms with Crippen LogP contribution in [0.5, 0.6) is 0 Å². The molecule has 0 unspecified atom stereocenters. The van der Waals surface area contributed by atoms with Crippen LogP contribution in [0, 0.1) is 29.3 Å². The van der Waals surface area contributed by atoms with E-state index < -0.39 is 17.5 Å². The Kier molecular flexibility index (Phi) is 9.71. The van der Waals surface area contributed by atoms with Crippen molar-refractivity contribution in [1.29, 1.82) is 0 Å². The van der Waals surface area contributed by atoms with Crippen molar-refractivity contribution in [2.45, 2.75) is 45.4 Å². The average molecular weight is 663 g/mol. The maximum Gasteiger partial charge on any atom is 0.159 e. The summed E-state index contributed by atoms with van der Waals surface area (Å²) in [6.45, 7) is 2.23. The summed E-state index contributed by atoms with van der Waals surface area (Å²) >= 11 is 0. The molecule has 248 valence electrons. The molecule has 0 bridgehead atoms. The molecule has 2 aromatic heterocycles. The van der Waals surface area contributed by atoms with E-state index in [4.69, 9.17) is 0 Å². The Bertz CT molecular complexity index is 2460. The van der Waals surface area contributed by atoms with Gasteiger partial charge >= 0.3 is 0 Å². The highest BCUT2D eigenvalue weighted by molar-refractivity contribution is 6.08. The summed E-state index contributed by atoms with van der Waals surface area (Å²) in [5.41, 5.74) is 7.76. The number of rotatable bonds is 7. The molecule has 0 spiro atoms. The van der Waals surface area contributed by atoms with Crippen LogP contribution in [0.1, 0.15) is 55.7 Å². The summed E-state index contributed by atoms with van der Waals surface area (Å²) in [7, 11) is 0. The number of H-pyrrole nitrogens is 2. The molecule has 2 heterocycles. The van der Waals surface area contributed by atoms with E-state index >= 15 is 0 Å². The molecule has 0 aliphatic carbocycles. The van der Waals surface area contributed by atoms with Crippen molar-refractivity contribution < 1.29 is 13.2 Å². The Morgan fingerprint density at radius 2 is 1.08 bits per heavy atom. The molecule has 5 heteroatoms. The maximum atomic E-state index is 14.7. The van der Waals surface area contributed by atoms with Crippen LogP contribution in [0.4, 0.5) is 13.2 Å². The first-order valence-electron chi connectivity index (χ1n) is 17.2. The number of aromatic amines is 2. The van der Waals surface area contributed by atoms with Gasteiger partial charge in [0, 0.05) is 49.2 Å². The quantitative estimate of drug-likeness (QED) is 0.126. The predicted molar refractivity (Wildman–Crippen MR) is 202 cm³/mol. The van der Waals surface area contributed by atoms with Gasteiger partial charge in [0.25, 0.3) is 0 Å². The third kappa shape index (κ3) is 7.16. The molecule has 0 aliphatic rings. The molecule has 0 atom stereocenters. The average Bonchev–Trinajstić information content (AvgIpc) is 3.70. The highest BCUT2D eigenvalue weighted by Gasteiger charge is 2.09. The van der Waals surface area contributed by atoms with Crippen molar-refractivity contribution in [3.05, 3.63) is 155 Å². The smallest absolute Gasteiger partial charge is 0.159 e. The van der Waals surface area contributed by atoms with Gasteiger partial charge in [0.05, 0.1) is 5.56 Å². The molecule has 8 rings (SSSR count). The van der Waals surface area contributed by atoms with Crippen LogP contribution in [0.3, 0.4) is 0 Å². The Morgan fingerprint density at radius 1 is 0.480 bits per heavy atom. The number of fused-ring (bicyclic) bond motifs is 6. The minimum Gasteiger partial charge on any atom is -0.355 e. The zero-order valence-corrected chi connectivity index (χ0v) is 27.9. The number of halogens is 3. The van der Waals surface area contributed by atoms with Crippen LogP contribution in [0.15, 0.2) is 121 Å². The van der Waals surface area contributed by atoms with E-state index in [9.17, 15) is 13.2 Å². The predicted octanol–water partition coefficient (Wildman–Crippen LogP) is 12.6. The summed E-state index contributed by atoms with van der Waals surface area (Å²) in [5.74, 6) is 3.54. The van der Waals surface area contributed by atoms with Crippen molar-refractivity contribution in [1.82, 2.24) is 9.97 Å². The molecule has 50 heavy (non-hydrogen) atoms. The molecule has 0 saturated carbocycles. The van der Waals surface area contributed by atoms with Gasteiger partial charge in [-0.15, -0.1) is 0 Å². The van der Waals surface area contributed by atoms with Crippen LogP contribution in [-0.2, 0) is 6.42 Å². The van der Waals surface area contributed by atoms with E-state index in [0.717, 1.165) is 40.5 Å². The van der Waals surface area contributed by atoms with E-state index in [-0.39, 0.29) is 5.56 Å². The molecule has 0 fully saturated rings. The van der Waals surface area contributed by atoms with Crippen LogP contribution in [-0.4, -0.2) is 9.97 Å². The molecule has 0 saturated heterocycles. The molecular formula is C45H37F3N2. The van der Waals surface area contributed by atoms with Gasteiger partial charge in [0.1, 0.15) is 5.82 Å². The Labute approximate surface area is 290 Å². The molecule has 2 N–H and O–H groups in total. The lowest BCUT2D eigenvalue weighted by atomic mass is 10.0. The van der Waals surface area contributed by atoms with Crippen molar-refractivity contribution >= 4 is 43.6 Å². The minimum atomic E-state index is -0.965. The van der Waals surface area contributed by atoms with E-state index in [1.807, 2.05) is 18.2 Å². The van der Waals surface area contributed by atoms with Gasteiger partial charge in [0.2, 0.25) is 0 Å². The summed E-state index contributed by atoms with van der Waals surface area (Å²) in [5, 5.41) is 4.93. The zero-order valence-electron chi connectivity index (χ0n) is 27.9. The van der Waals surface area contributed by atoms with Crippen molar-refractivity contribution in [2.24, 2.45) is 0 Å². The normalized spacial score (nSPS) is 11.1. The Morgan fingerprint density at radius 3 is 1.78 bits per heavy atom. The monoisotopic (exact) mass is 662 g/mol. The second-order valence-electron chi connectivity index (χ2n) is 12.7. The number of hydrogen-bond donors (Lipinski definition) is 2. The highest BCUT2D eigenvalue weighted by atomic mass is 19.2. The fourth-order valence-corrected chi connectivity index (χ4v) is 6.53. The molecule has 6 aromatic carbocycles. The summed E-state index contributed by atoms with van der Waals surface area (Å²) < 4.78 is 41.5. The standard InChI is InChI=1S/C33H28F3N.C12H9N/c1-2-3-4-5-6-7-22-9-15-27-28-16-10-23(19-33(28)37-32(27)18-22)8-11-24-12-13-25(20-30(24)35)26-14-17-29(34)31(36)21-26;1-3-7-11-9(5-1)10-6-2-4-8-12(10)13-11/h9-10,12-21,37H,2-7H2,1H3;1-8,13H. The van der Waals surface area contributed by atoms with Gasteiger partial charge in [-0.2, -0.15) is 0 Å². The van der Waals surface area contributed by atoms with E-state index in [0.29, 0.717) is 11.1 Å². The van der Waals surface area contributed by atoms with Gasteiger partial charge in [-0.1, -0.05) is 111 Å². The number of aromatic nitrogens is 2. The van der Waals surface area contributed by atoms with Gasteiger partial charge in [-0.3, -0.25) is 0 Å². The molecular weight excluding hydrogens is 626 g/mol. The molecule has 0 radical (unpaired) electrons. The van der Waals surface area contributed by atoms with E-state index in [2.05, 4.69) is 95.5 Å². The van der Waals surface area contributed by atoms with Gasteiger partial charge in [0.15, 0.2) is 11.6 Å². The number of hydrogen-bond acceptors (Lipinski definition) is 0. The fraction of sp³-hybridized carbons (Fsp3) is 0.156. The van der Waals surface area contributed by atoms with Crippen molar-refractivity contribution in [3.8, 4) is 23.0 Å². The SMILES string of the molecule is CCCCCCCc1ccc2c(c1)[nH]c1cc(C#Cc3ccc(-c4ccc(F)c(F)c4)cc3F)ccc12.c1ccc2c(c1)[nH]c1ccccc12. The topological polar surface area (TPSA) is 31.6 Å². The second kappa shape index (κ2) is 14.8. The minimum absolute atomic E-state index is 0.242.